The van der Waals surface area contributed by atoms with Crippen LogP contribution in [-0.4, -0.2) is 19.9 Å². The van der Waals surface area contributed by atoms with Gasteiger partial charge in [-0.2, -0.15) is 5.26 Å². The smallest absolute Gasteiger partial charge is 0.161 e. The lowest BCUT2D eigenvalue weighted by atomic mass is 9.88. The van der Waals surface area contributed by atoms with Gasteiger partial charge in [-0.15, -0.1) is 0 Å². The molecular weight excluding hydrogens is 611 g/mol. The summed E-state index contributed by atoms with van der Waals surface area (Å²) in [6, 6.07) is 57.2. The molecule has 7 aromatic carbocycles. The highest BCUT2D eigenvalue weighted by Gasteiger charge is 2.23. The molecule has 0 atom stereocenters. The van der Waals surface area contributed by atoms with Gasteiger partial charge in [0, 0.05) is 27.8 Å². The van der Waals surface area contributed by atoms with Crippen molar-refractivity contribution in [2.24, 2.45) is 0 Å². The Morgan fingerprint density at radius 1 is 0.380 bits per heavy atom. The first-order valence-electron chi connectivity index (χ1n) is 16.5. The summed E-state index contributed by atoms with van der Waals surface area (Å²) in [4.78, 5) is 21.0. The third kappa shape index (κ3) is 5.04. The Hall–Kier alpha value is -7.03. The van der Waals surface area contributed by atoms with Crippen LogP contribution < -0.4 is 0 Å². The molecule has 0 radical (unpaired) electrons. The Bertz CT molecular complexity index is 2650. The summed E-state index contributed by atoms with van der Waals surface area (Å²) in [5.41, 5.74) is 10.1. The number of benzene rings is 7. The molecule has 2 aromatic heterocycles. The van der Waals surface area contributed by atoms with Crippen LogP contribution in [0.1, 0.15) is 5.56 Å². The van der Waals surface area contributed by atoms with E-state index in [0.717, 1.165) is 83.2 Å². The molecule has 0 saturated carbocycles. The number of nitriles is 1. The van der Waals surface area contributed by atoms with E-state index in [9.17, 15) is 5.26 Å². The van der Waals surface area contributed by atoms with Crippen LogP contribution in [0.5, 0.6) is 0 Å². The maximum Gasteiger partial charge on any atom is 0.161 e. The number of rotatable bonds is 5. The molecule has 0 amide bonds. The van der Waals surface area contributed by atoms with Gasteiger partial charge < -0.3 is 0 Å². The highest BCUT2D eigenvalue weighted by molar-refractivity contribution is 6.21. The second-order valence-electron chi connectivity index (χ2n) is 12.1. The van der Waals surface area contributed by atoms with Crippen LogP contribution in [0, 0.1) is 11.3 Å². The van der Waals surface area contributed by atoms with Gasteiger partial charge in [-0.05, 0) is 51.9 Å². The van der Waals surface area contributed by atoms with Crippen LogP contribution in [0.3, 0.4) is 0 Å². The second-order valence-corrected chi connectivity index (χ2v) is 12.1. The number of fused-ring (bicyclic) bond motifs is 3. The Morgan fingerprint density at radius 2 is 0.840 bits per heavy atom. The topological polar surface area (TPSA) is 75.3 Å². The molecule has 0 saturated heterocycles. The minimum Gasteiger partial charge on any atom is -0.244 e. The van der Waals surface area contributed by atoms with E-state index in [0.29, 0.717) is 11.4 Å². The van der Waals surface area contributed by atoms with Crippen LogP contribution in [0.15, 0.2) is 164 Å². The summed E-state index contributed by atoms with van der Waals surface area (Å²) in [6.45, 7) is 0. The molecule has 5 heteroatoms. The fraction of sp³-hybridized carbons (Fsp3) is 0. The average Bonchev–Trinajstić information content (AvgIpc) is 3.20. The fourth-order valence-electron chi connectivity index (χ4n) is 6.81. The van der Waals surface area contributed by atoms with Gasteiger partial charge >= 0.3 is 0 Å². The zero-order chi connectivity index (χ0) is 33.4. The van der Waals surface area contributed by atoms with Gasteiger partial charge in [-0.1, -0.05) is 133 Å². The summed E-state index contributed by atoms with van der Waals surface area (Å²) in [5, 5.41) is 13.8. The molecular formula is C45H27N5. The van der Waals surface area contributed by atoms with Gasteiger partial charge in [-0.25, -0.2) is 19.9 Å². The zero-order valence-corrected chi connectivity index (χ0v) is 26.8. The van der Waals surface area contributed by atoms with E-state index in [2.05, 4.69) is 84.9 Å². The summed E-state index contributed by atoms with van der Waals surface area (Å²) >= 11 is 0. The summed E-state index contributed by atoms with van der Waals surface area (Å²) in [6.07, 6.45) is 0. The van der Waals surface area contributed by atoms with E-state index < -0.39 is 0 Å². The van der Waals surface area contributed by atoms with E-state index in [1.165, 1.54) is 0 Å². The highest BCUT2D eigenvalue weighted by Crippen LogP contribution is 2.45. The molecule has 0 fully saturated rings. The first-order valence-corrected chi connectivity index (χ1v) is 16.5. The van der Waals surface area contributed by atoms with E-state index in [-0.39, 0.29) is 0 Å². The normalized spacial score (nSPS) is 11.2. The number of hydrogen-bond donors (Lipinski definition) is 0. The molecule has 232 valence electrons. The molecule has 0 spiro atoms. The number of aromatic nitrogens is 4. The largest absolute Gasteiger partial charge is 0.244 e. The molecule has 5 nitrogen and oxygen atoms in total. The molecule has 2 heterocycles. The van der Waals surface area contributed by atoms with E-state index in [1.54, 1.807) is 0 Å². The molecule has 0 aliphatic carbocycles. The summed E-state index contributed by atoms with van der Waals surface area (Å²) in [7, 11) is 0. The monoisotopic (exact) mass is 637 g/mol. The summed E-state index contributed by atoms with van der Waals surface area (Å²) in [5.74, 6) is 0.649. The molecule has 0 aliphatic heterocycles. The van der Waals surface area contributed by atoms with Crippen molar-refractivity contribution in [1.29, 1.82) is 5.26 Å². The lowest BCUT2D eigenvalue weighted by Crippen LogP contribution is -2.00. The number of nitrogens with zero attached hydrogens (tertiary/aromatic N) is 5. The molecule has 0 unspecified atom stereocenters. The third-order valence-electron chi connectivity index (χ3n) is 9.09. The van der Waals surface area contributed by atoms with Crippen molar-refractivity contribution >= 4 is 32.6 Å². The molecule has 0 N–H and O–H groups in total. The Morgan fingerprint density at radius 3 is 1.38 bits per heavy atom. The van der Waals surface area contributed by atoms with Gasteiger partial charge in [0.1, 0.15) is 0 Å². The summed E-state index contributed by atoms with van der Waals surface area (Å²) < 4.78 is 0. The fourth-order valence-corrected chi connectivity index (χ4v) is 6.81. The lowest BCUT2D eigenvalue weighted by molar-refractivity contribution is 1.19. The van der Waals surface area contributed by atoms with Gasteiger partial charge in [0.25, 0.3) is 0 Å². The van der Waals surface area contributed by atoms with Gasteiger partial charge in [0.05, 0.1) is 45.4 Å². The van der Waals surface area contributed by atoms with Gasteiger partial charge in [0.2, 0.25) is 0 Å². The predicted octanol–water partition coefficient (Wildman–Crippen LogP) is 10.9. The maximum absolute atomic E-state index is 9.78. The van der Waals surface area contributed by atoms with E-state index in [4.69, 9.17) is 19.9 Å². The second kappa shape index (κ2) is 12.2. The van der Waals surface area contributed by atoms with Crippen LogP contribution in [0.4, 0.5) is 0 Å². The quantitative estimate of drug-likeness (QED) is 0.176. The minimum absolute atomic E-state index is 0.568. The SMILES string of the molecule is N#Cc1cccc(-c2nc3ccccc3nc2-c2c3ccccc3c(-c3nc(-c4ccccc4)cc(-c4ccccc4)n3)c3ccccc23)c1. The van der Waals surface area contributed by atoms with Crippen molar-refractivity contribution in [3.63, 3.8) is 0 Å². The number of hydrogen-bond acceptors (Lipinski definition) is 5. The third-order valence-corrected chi connectivity index (χ3v) is 9.09. The predicted molar refractivity (Wildman–Crippen MR) is 202 cm³/mol. The number of para-hydroxylation sites is 2. The first-order chi connectivity index (χ1) is 24.7. The maximum atomic E-state index is 9.78. The minimum atomic E-state index is 0.568. The van der Waals surface area contributed by atoms with Crippen molar-refractivity contribution < 1.29 is 0 Å². The highest BCUT2D eigenvalue weighted by atomic mass is 14.9. The lowest BCUT2D eigenvalue weighted by Gasteiger charge is -2.19. The standard InChI is InChI=1S/C45H27N5/c46-28-29-14-13-19-32(26-29)43-44(48-38-25-12-11-24-37(38)47-43)41-33-20-7-9-22-35(33)42(36-23-10-8-21-34(36)41)45-49-39(30-15-3-1-4-16-30)27-40(50-45)31-17-5-2-6-18-31/h1-27H. The molecule has 0 bridgehead atoms. The van der Waals surface area contributed by atoms with Crippen molar-refractivity contribution in [2.45, 2.75) is 0 Å². The Kier molecular flexibility index (Phi) is 7.11. The van der Waals surface area contributed by atoms with E-state index >= 15 is 0 Å². The van der Waals surface area contributed by atoms with Crippen LogP contribution in [-0.2, 0) is 0 Å². The zero-order valence-electron chi connectivity index (χ0n) is 26.8. The van der Waals surface area contributed by atoms with Crippen molar-refractivity contribution in [3.8, 4) is 62.5 Å². The van der Waals surface area contributed by atoms with Crippen molar-refractivity contribution in [1.82, 2.24) is 19.9 Å². The molecule has 0 aliphatic rings. The van der Waals surface area contributed by atoms with E-state index in [1.807, 2.05) is 84.9 Å². The van der Waals surface area contributed by atoms with Crippen molar-refractivity contribution in [3.05, 3.63) is 169 Å². The average molecular weight is 638 g/mol. The van der Waals surface area contributed by atoms with Gasteiger partial charge in [0.15, 0.2) is 5.82 Å². The van der Waals surface area contributed by atoms with Crippen LogP contribution >= 0.6 is 0 Å². The first kappa shape index (κ1) is 29.1. The Balaban J connectivity index is 1.39. The van der Waals surface area contributed by atoms with Crippen LogP contribution in [0.2, 0.25) is 0 Å². The van der Waals surface area contributed by atoms with Crippen LogP contribution in [0.25, 0.3) is 89.0 Å². The van der Waals surface area contributed by atoms with Crippen molar-refractivity contribution in [2.75, 3.05) is 0 Å². The molecule has 9 rings (SSSR count). The molecule has 9 aromatic rings. The van der Waals surface area contributed by atoms with Gasteiger partial charge in [-0.3, -0.25) is 0 Å². The Labute approximate surface area is 288 Å². The molecule has 50 heavy (non-hydrogen) atoms.